The maximum absolute atomic E-state index is 5.71. The predicted octanol–water partition coefficient (Wildman–Crippen LogP) is 0.362. The molecule has 2 aromatic rings. The zero-order chi connectivity index (χ0) is 9.26. The van der Waals surface area contributed by atoms with Crippen molar-refractivity contribution >= 4 is 0 Å². The van der Waals surface area contributed by atoms with Crippen LogP contribution in [0.25, 0.3) is 11.4 Å². The fraction of sp³-hybridized carbons (Fsp3) is 0.125. The van der Waals surface area contributed by atoms with Crippen molar-refractivity contribution in [1.82, 2.24) is 19.9 Å². The molecular formula is C8H9N5. The van der Waals surface area contributed by atoms with Gasteiger partial charge < -0.3 is 5.84 Å². The minimum absolute atomic E-state index is 0.653. The van der Waals surface area contributed by atoms with Gasteiger partial charge in [0.05, 0.1) is 0 Å². The van der Waals surface area contributed by atoms with Crippen LogP contribution in [0.4, 0.5) is 0 Å². The van der Waals surface area contributed by atoms with Gasteiger partial charge in [0.1, 0.15) is 5.82 Å². The molecule has 0 amide bonds. The summed E-state index contributed by atoms with van der Waals surface area (Å²) in [5, 5.41) is 7.81. The average molecular weight is 175 g/mol. The lowest BCUT2D eigenvalue weighted by Gasteiger charge is -1.99. The second-order valence-electron chi connectivity index (χ2n) is 2.68. The zero-order valence-electron chi connectivity index (χ0n) is 7.18. The Hall–Kier alpha value is -1.91. The molecule has 5 heteroatoms. The third kappa shape index (κ3) is 1.24. The quantitative estimate of drug-likeness (QED) is 0.635. The maximum Gasteiger partial charge on any atom is 0.182 e. The van der Waals surface area contributed by atoms with Crippen molar-refractivity contribution in [2.24, 2.45) is 0 Å². The Bertz CT molecular complexity index is 406. The van der Waals surface area contributed by atoms with E-state index in [4.69, 9.17) is 5.84 Å². The molecule has 0 radical (unpaired) electrons. The van der Waals surface area contributed by atoms with Gasteiger partial charge in [0.25, 0.3) is 0 Å². The van der Waals surface area contributed by atoms with E-state index >= 15 is 0 Å². The fourth-order valence-corrected chi connectivity index (χ4v) is 1.07. The number of hydrogen-bond acceptors (Lipinski definition) is 4. The van der Waals surface area contributed by atoms with E-state index in [2.05, 4.69) is 15.2 Å². The molecule has 0 bridgehead atoms. The zero-order valence-corrected chi connectivity index (χ0v) is 7.18. The van der Waals surface area contributed by atoms with Gasteiger partial charge in [0.2, 0.25) is 0 Å². The SMILES string of the molecule is Cc1nnc(-c2ccncc2)n1N. The predicted molar refractivity (Wildman–Crippen MR) is 48.1 cm³/mol. The molecule has 2 aromatic heterocycles. The van der Waals surface area contributed by atoms with Gasteiger partial charge in [-0.1, -0.05) is 0 Å². The first-order valence-electron chi connectivity index (χ1n) is 3.86. The topological polar surface area (TPSA) is 69.6 Å². The molecule has 2 rings (SSSR count). The van der Waals surface area contributed by atoms with Crippen LogP contribution >= 0.6 is 0 Å². The highest BCUT2D eigenvalue weighted by Gasteiger charge is 2.06. The molecule has 2 heterocycles. The number of pyridine rings is 1. The summed E-state index contributed by atoms with van der Waals surface area (Å²) < 4.78 is 1.45. The number of nitrogens with two attached hydrogens (primary N) is 1. The summed E-state index contributed by atoms with van der Waals surface area (Å²) in [6.07, 6.45) is 3.39. The van der Waals surface area contributed by atoms with Crippen molar-refractivity contribution in [3.63, 3.8) is 0 Å². The van der Waals surface area contributed by atoms with Crippen LogP contribution in [0.2, 0.25) is 0 Å². The minimum atomic E-state index is 0.653. The Morgan fingerprint density at radius 1 is 1.23 bits per heavy atom. The smallest absolute Gasteiger partial charge is 0.182 e. The van der Waals surface area contributed by atoms with Gasteiger partial charge in [-0.05, 0) is 19.1 Å². The fourth-order valence-electron chi connectivity index (χ4n) is 1.07. The van der Waals surface area contributed by atoms with E-state index in [0.717, 1.165) is 5.56 Å². The lowest BCUT2D eigenvalue weighted by Crippen LogP contribution is -2.11. The van der Waals surface area contributed by atoms with E-state index in [9.17, 15) is 0 Å². The van der Waals surface area contributed by atoms with Gasteiger partial charge in [-0.25, -0.2) is 4.68 Å². The summed E-state index contributed by atoms with van der Waals surface area (Å²) >= 11 is 0. The number of hydrogen-bond donors (Lipinski definition) is 1. The molecule has 0 aromatic carbocycles. The molecule has 66 valence electrons. The molecule has 0 fully saturated rings. The second kappa shape index (κ2) is 2.85. The summed E-state index contributed by atoms with van der Waals surface area (Å²) in [7, 11) is 0. The molecular weight excluding hydrogens is 166 g/mol. The Balaban J connectivity index is 2.53. The molecule has 0 spiro atoms. The molecule has 13 heavy (non-hydrogen) atoms. The average Bonchev–Trinajstić information content (AvgIpc) is 2.49. The molecule has 0 atom stereocenters. The van der Waals surface area contributed by atoms with E-state index in [1.807, 2.05) is 12.1 Å². The first-order chi connectivity index (χ1) is 6.29. The minimum Gasteiger partial charge on any atom is -0.336 e. The van der Waals surface area contributed by atoms with Gasteiger partial charge in [0.15, 0.2) is 5.82 Å². The normalized spacial score (nSPS) is 10.2. The van der Waals surface area contributed by atoms with Crippen LogP contribution in [0.15, 0.2) is 24.5 Å². The van der Waals surface area contributed by atoms with Gasteiger partial charge in [-0.15, -0.1) is 10.2 Å². The first kappa shape index (κ1) is 7.72. The van der Waals surface area contributed by atoms with Crippen LogP contribution in [0.5, 0.6) is 0 Å². The number of nitrogens with zero attached hydrogens (tertiary/aromatic N) is 4. The Morgan fingerprint density at radius 3 is 2.46 bits per heavy atom. The Morgan fingerprint density at radius 2 is 1.92 bits per heavy atom. The van der Waals surface area contributed by atoms with E-state index in [1.165, 1.54) is 4.68 Å². The van der Waals surface area contributed by atoms with Crippen LogP contribution in [-0.4, -0.2) is 19.9 Å². The third-order valence-electron chi connectivity index (χ3n) is 1.80. The van der Waals surface area contributed by atoms with Gasteiger partial charge in [0, 0.05) is 18.0 Å². The summed E-state index contributed by atoms with van der Waals surface area (Å²) in [6.45, 7) is 1.80. The van der Waals surface area contributed by atoms with Crippen molar-refractivity contribution in [3.8, 4) is 11.4 Å². The molecule has 0 aliphatic carbocycles. The summed E-state index contributed by atoms with van der Waals surface area (Å²) in [5.41, 5.74) is 0.915. The van der Waals surface area contributed by atoms with E-state index in [0.29, 0.717) is 11.6 Å². The monoisotopic (exact) mass is 175 g/mol. The summed E-state index contributed by atoms with van der Waals surface area (Å²) in [6, 6.07) is 3.68. The number of rotatable bonds is 1. The van der Waals surface area contributed by atoms with Crippen LogP contribution in [0, 0.1) is 6.92 Å². The lowest BCUT2D eigenvalue weighted by atomic mass is 10.2. The summed E-state index contributed by atoms with van der Waals surface area (Å²) in [5.74, 6) is 7.05. The van der Waals surface area contributed by atoms with Crippen LogP contribution < -0.4 is 5.84 Å². The second-order valence-corrected chi connectivity index (χ2v) is 2.68. The van der Waals surface area contributed by atoms with Crippen LogP contribution in [0.3, 0.4) is 0 Å². The van der Waals surface area contributed by atoms with Crippen molar-refractivity contribution < 1.29 is 0 Å². The molecule has 0 aliphatic rings. The van der Waals surface area contributed by atoms with Gasteiger partial charge in [-0.2, -0.15) is 0 Å². The molecule has 0 aliphatic heterocycles. The lowest BCUT2D eigenvalue weighted by molar-refractivity contribution is 0.931. The highest BCUT2D eigenvalue weighted by molar-refractivity contribution is 5.53. The van der Waals surface area contributed by atoms with Gasteiger partial charge >= 0.3 is 0 Å². The highest BCUT2D eigenvalue weighted by atomic mass is 15.4. The molecule has 2 N–H and O–H groups in total. The van der Waals surface area contributed by atoms with Crippen molar-refractivity contribution in [2.75, 3.05) is 5.84 Å². The van der Waals surface area contributed by atoms with Crippen molar-refractivity contribution in [3.05, 3.63) is 30.4 Å². The molecule has 0 saturated carbocycles. The molecule has 5 nitrogen and oxygen atoms in total. The Kier molecular flexibility index (Phi) is 1.70. The van der Waals surface area contributed by atoms with Crippen molar-refractivity contribution in [2.45, 2.75) is 6.92 Å². The first-order valence-corrected chi connectivity index (χ1v) is 3.86. The maximum atomic E-state index is 5.71. The van der Waals surface area contributed by atoms with Crippen LogP contribution in [0.1, 0.15) is 5.82 Å². The van der Waals surface area contributed by atoms with Crippen molar-refractivity contribution in [1.29, 1.82) is 0 Å². The number of aryl methyl sites for hydroxylation is 1. The number of aromatic nitrogens is 4. The largest absolute Gasteiger partial charge is 0.336 e. The van der Waals surface area contributed by atoms with E-state index in [1.54, 1.807) is 19.3 Å². The number of nitrogen functional groups attached to an aromatic ring is 1. The third-order valence-corrected chi connectivity index (χ3v) is 1.80. The summed E-state index contributed by atoms with van der Waals surface area (Å²) in [4.78, 5) is 3.91. The highest BCUT2D eigenvalue weighted by Crippen LogP contribution is 2.13. The van der Waals surface area contributed by atoms with E-state index in [-0.39, 0.29) is 0 Å². The van der Waals surface area contributed by atoms with Crippen LogP contribution in [-0.2, 0) is 0 Å². The standard InChI is InChI=1S/C8H9N5/c1-6-11-12-8(13(6)9)7-2-4-10-5-3-7/h2-5H,9H2,1H3. The molecule has 0 saturated heterocycles. The Labute approximate surface area is 75.2 Å². The van der Waals surface area contributed by atoms with Gasteiger partial charge in [-0.3, -0.25) is 4.98 Å². The molecule has 0 unspecified atom stereocenters. The van der Waals surface area contributed by atoms with E-state index < -0.39 is 0 Å².